The van der Waals surface area contributed by atoms with Gasteiger partial charge in [-0.3, -0.25) is 10.1 Å². The number of nitrogens with zero attached hydrogens (tertiary/aromatic N) is 3. The number of rotatable bonds is 3. The van der Waals surface area contributed by atoms with E-state index >= 15 is 0 Å². The van der Waals surface area contributed by atoms with E-state index in [1.165, 1.54) is 17.4 Å². The van der Waals surface area contributed by atoms with Gasteiger partial charge in [-0.15, -0.1) is 11.3 Å². The standard InChI is InChI=1S/C10H10F2N4OS/c1-5-6(2)18-10(14-5)15-8(17)7-3-4-13-16(7)9(11)12/h3-4,9H,1-2H3,(H,14,15,17). The minimum Gasteiger partial charge on any atom is -0.296 e. The van der Waals surface area contributed by atoms with Crippen molar-refractivity contribution in [3.63, 3.8) is 0 Å². The van der Waals surface area contributed by atoms with E-state index in [4.69, 9.17) is 0 Å². The lowest BCUT2D eigenvalue weighted by Gasteiger charge is -2.05. The number of carbonyl (C=O) groups is 1. The van der Waals surface area contributed by atoms with Gasteiger partial charge in [0, 0.05) is 11.1 Å². The first kappa shape index (κ1) is 12.6. The molecule has 0 aromatic carbocycles. The van der Waals surface area contributed by atoms with E-state index < -0.39 is 12.5 Å². The fourth-order valence-electron chi connectivity index (χ4n) is 1.34. The highest BCUT2D eigenvalue weighted by Gasteiger charge is 2.19. The number of anilines is 1. The largest absolute Gasteiger partial charge is 0.333 e. The van der Waals surface area contributed by atoms with Gasteiger partial charge in [-0.2, -0.15) is 18.6 Å². The van der Waals surface area contributed by atoms with E-state index in [1.54, 1.807) is 0 Å². The average molecular weight is 272 g/mol. The minimum atomic E-state index is -2.85. The summed E-state index contributed by atoms with van der Waals surface area (Å²) in [6, 6.07) is 1.23. The van der Waals surface area contributed by atoms with Crippen LogP contribution in [-0.4, -0.2) is 20.7 Å². The summed E-state index contributed by atoms with van der Waals surface area (Å²) in [6.07, 6.45) is 1.15. The highest BCUT2D eigenvalue weighted by Crippen LogP contribution is 2.22. The molecule has 0 radical (unpaired) electrons. The molecule has 0 saturated heterocycles. The Morgan fingerprint density at radius 2 is 2.22 bits per heavy atom. The fourth-order valence-corrected chi connectivity index (χ4v) is 2.15. The Balaban J connectivity index is 2.19. The summed E-state index contributed by atoms with van der Waals surface area (Å²) in [5, 5.41) is 6.25. The first-order valence-corrected chi connectivity index (χ1v) is 5.87. The van der Waals surface area contributed by atoms with Gasteiger partial charge in [0.15, 0.2) is 5.13 Å². The van der Waals surface area contributed by atoms with Crippen molar-refractivity contribution >= 4 is 22.4 Å². The van der Waals surface area contributed by atoms with Crippen molar-refractivity contribution in [3.8, 4) is 0 Å². The summed E-state index contributed by atoms with van der Waals surface area (Å²) >= 11 is 1.29. The Morgan fingerprint density at radius 3 is 2.78 bits per heavy atom. The molecule has 0 spiro atoms. The Hall–Kier alpha value is -1.83. The van der Waals surface area contributed by atoms with E-state index in [0.717, 1.165) is 16.8 Å². The number of aryl methyl sites for hydroxylation is 2. The molecule has 5 nitrogen and oxygen atoms in total. The van der Waals surface area contributed by atoms with Crippen molar-refractivity contribution in [2.45, 2.75) is 20.4 Å². The average Bonchev–Trinajstić information content (AvgIpc) is 2.86. The molecule has 2 aromatic heterocycles. The Labute approximate surface area is 105 Å². The molecular formula is C10H10F2N4OS. The number of hydrogen-bond acceptors (Lipinski definition) is 4. The van der Waals surface area contributed by atoms with Crippen LogP contribution in [0.1, 0.15) is 27.6 Å². The van der Waals surface area contributed by atoms with Crippen LogP contribution in [0.4, 0.5) is 13.9 Å². The number of nitrogens with one attached hydrogen (secondary N) is 1. The van der Waals surface area contributed by atoms with Gasteiger partial charge < -0.3 is 0 Å². The first-order valence-electron chi connectivity index (χ1n) is 5.06. The molecule has 2 rings (SSSR count). The lowest BCUT2D eigenvalue weighted by molar-refractivity contribution is 0.0520. The highest BCUT2D eigenvalue weighted by atomic mass is 32.1. The molecule has 0 aliphatic carbocycles. The lowest BCUT2D eigenvalue weighted by atomic mass is 10.4. The van der Waals surface area contributed by atoms with Gasteiger partial charge in [-0.1, -0.05) is 0 Å². The second-order valence-electron chi connectivity index (χ2n) is 3.55. The van der Waals surface area contributed by atoms with Crippen molar-refractivity contribution in [3.05, 3.63) is 28.5 Å². The van der Waals surface area contributed by atoms with Crippen molar-refractivity contribution < 1.29 is 13.6 Å². The molecule has 0 saturated carbocycles. The first-order chi connectivity index (χ1) is 8.49. The van der Waals surface area contributed by atoms with Gasteiger partial charge in [0.2, 0.25) is 0 Å². The minimum absolute atomic E-state index is 0.199. The van der Waals surface area contributed by atoms with Crippen LogP contribution < -0.4 is 5.32 Å². The van der Waals surface area contributed by atoms with E-state index in [9.17, 15) is 13.6 Å². The third kappa shape index (κ3) is 2.37. The van der Waals surface area contributed by atoms with Gasteiger partial charge in [-0.05, 0) is 19.9 Å². The van der Waals surface area contributed by atoms with E-state index in [0.29, 0.717) is 9.81 Å². The van der Waals surface area contributed by atoms with Crippen LogP contribution >= 0.6 is 11.3 Å². The number of aromatic nitrogens is 3. The van der Waals surface area contributed by atoms with Crippen LogP contribution in [-0.2, 0) is 0 Å². The Bertz CT molecular complexity index is 559. The van der Waals surface area contributed by atoms with E-state index in [-0.39, 0.29) is 5.69 Å². The van der Waals surface area contributed by atoms with Gasteiger partial charge in [0.1, 0.15) is 5.69 Å². The Kier molecular flexibility index (Phi) is 3.37. The number of amides is 1. The third-order valence-corrected chi connectivity index (χ3v) is 3.33. The lowest BCUT2D eigenvalue weighted by Crippen LogP contribution is -2.18. The van der Waals surface area contributed by atoms with Crippen LogP contribution in [0.25, 0.3) is 0 Å². The summed E-state index contributed by atoms with van der Waals surface area (Å²) in [5.41, 5.74) is 0.605. The second kappa shape index (κ2) is 4.81. The van der Waals surface area contributed by atoms with Crippen molar-refractivity contribution in [1.82, 2.24) is 14.8 Å². The molecule has 0 bridgehead atoms. The molecule has 8 heteroatoms. The molecule has 1 N–H and O–H groups in total. The van der Waals surface area contributed by atoms with Crippen LogP contribution in [0.5, 0.6) is 0 Å². The zero-order chi connectivity index (χ0) is 13.3. The molecule has 2 heterocycles. The molecular weight excluding hydrogens is 262 g/mol. The van der Waals surface area contributed by atoms with E-state index in [2.05, 4.69) is 15.4 Å². The summed E-state index contributed by atoms with van der Waals surface area (Å²) < 4.78 is 25.4. The number of alkyl halides is 2. The van der Waals surface area contributed by atoms with Crippen LogP contribution in [0.3, 0.4) is 0 Å². The maximum atomic E-state index is 12.5. The number of halogens is 2. The number of hydrogen-bond donors (Lipinski definition) is 1. The summed E-state index contributed by atoms with van der Waals surface area (Å²) in [4.78, 5) is 16.9. The predicted molar refractivity (Wildman–Crippen MR) is 63.0 cm³/mol. The van der Waals surface area contributed by atoms with Gasteiger partial charge in [-0.25, -0.2) is 4.98 Å². The van der Waals surface area contributed by atoms with Crippen molar-refractivity contribution in [2.24, 2.45) is 0 Å². The van der Waals surface area contributed by atoms with Crippen LogP contribution in [0, 0.1) is 13.8 Å². The molecule has 0 unspecified atom stereocenters. The van der Waals surface area contributed by atoms with E-state index in [1.807, 2.05) is 13.8 Å². The smallest absolute Gasteiger partial charge is 0.296 e. The SMILES string of the molecule is Cc1nc(NC(=O)c2ccnn2C(F)F)sc1C. The van der Waals surface area contributed by atoms with Crippen molar-refractivity contribution in [2.75, 3.05) is 5.32 Å². The predicted octanol–water partition coefficient (Wildman–Crippen LogP) is 2.60. The van der Waals surface area contributed by atoms with Gasteiger partial charge >= 0.3 is 6.55 Å². The summed E-state index contributed by atoms with van der Waals surface area (Å²) in [5.74, 6) is -0.651. The number of carbonyl (C=O) groups excluding carboxylic acids is 1. The monoisotopic (exact) mass is 272 g/mol. The normalized spacial score (nSPS) is 10.9. The highest BCUT2D eigenvalue weighted by molar-refractivity contribution is 7.15. The molecule has 2 aromatic rings. The molecule has 1 amide bonds. The molecule has 96 valence electrons. The molecule has 0 fully saturated rings. The maximum absolute atomic E-state index is 12.5. The van der Waals surface area contributed by atoms with Crippen LogP contribution in [0.2, 0.25) is 0 Å². The molecule has 18 heavy (non-hydrogen) atoms. The quantitative estimate of drug-likeness (QED) is 0.934. The van der Waals surface area contributed by atoms with Crippen LogP contribution in [0.15, 0.2) is 12.3 Å². The Morgan fingerprint density at radius 1 is 1.50 bits per heavy atom. The maximum Gasteiger partial charge on any atom is 0.333 e. The van der Waals surface area contributed by atoms with Gasteiger partial charge in [0.25, 0.3) is 5.91 Å². The molecule has 0 aliphatic rings. The van der Waals surface area contributed by atoms with Crippen molar-refractivity contribution in [1.29, 1.82) is 0 Å². The fraction of sp³-hybridized carbons (Fsp3) is 0.300. The summed E-state index contributed by atoms with van der Waals surface area (Å²) in [6.45, 7) is 0.831. The number of thiazole rings is 1. The zero-order valence-electron chi connectivity index (χ0n) is 9.65. The van der Waals surface area contributed by atoms with Gasteiger partial charge in [0.05, 0.1) is 5.69 Å². The topological polar surface area (TPSA) is 59.8 Å². The molecule has 0 atom stereocenters. The third-order valence-electron chi connectivity index (χ3n) is 2.34. The zero-order valence-corrected chi connectivity index (χ0v) is 10.5. The second-order valence-corrected chi connectivity index (χ2v) is 4.76. The summed E-state index contributed by atoms with van der Waals surface area (Å²) in [7, 11) is 0. The molecule has 0 aliphatic heterocycles.